The van der Waals surface area contributed by atoms with Gasteiger partial charge in [-0.15, -0.1) is 12.4 Å². The van der Waals surface area contributed by atoms with Crippen molar-refractivity contribution >= 4 is 24.0 Å². The summed E-state index contributed by atoms with van der Waals surface area (Å²) in [6.07, 6.45) is 3.38. The molecule has 3 nitrogen and oxygen atoms in total. The highest BCUT2D eigenvalue weighted by Crippen LogP contribution is 2.32. The Bertz CT molecular complexity index is 645. The van der Waals surface area contributed by atoms with E-state index < -0.39 is 0 Å². The van der Waals surface area contributed by atoms with E-state index in [0.29, 0.717) is 12.8 Å². The molecule has 1 fully saturated rings. The normalized spacial score (nSPS) is 16.9. The molecular formula is C19H23ClN2O. The first kappa shape index (κ1) is 17.4. The fraction of sp³-hybridized carbons (Fsp3) is 0.316. The molecule has 1 unspecified atom stereocenters. The van der Waals surface area contributed by atoms with E-state index in [2.05, 4.69) is 12.1 Å². The second-order valence-electron chi connectivity index (χ2n) is 5.85. The molecule has 0 aromatic heterocycles. The molecule has 122 valence electrons. The SMILES string of the molecule is Cl.Nc1ccccc1CCC(=O)N1CCCC1c1ccccc1. The number of hydrogen-bond acceptors (Lipinski definition) is 2. The van der Waals surface area contributed by atoms with E-state index >= 15 is 0 Å². The van der Waals surface area contributed by atoms with Crippen molar-refractivity contribution in [3.8, 4) is 0 Å². The van der Waals surface area contributed by atoms with Crippen molar-refractivity contribution in [3.63, 3.8) is 0 Å². The minimum absolute atomic E-state index is 0. The highest BCUT2D eigenvalue weighted by atomic mass is 35.5. The Morgan fingerprint density at radius 2 is 1.78 bits per heavy atom. The molecule has 2 N–H and O–H groups in total. The number of nitrogen functional groups attached to an aromatic ring is 1. The molecule has 1 saturated heterocycles. The topological polar surface area (TPSA) is 46.3 Å². The van der Waals surface area contributed by atoms with Gasteiger partial charge in [0.15, 0.2) is 0 Å². The van der Waals surface area contributed by atoms with E-state index in [9.17, 15) is 4.79 Å². The van der Waals surface area contributed by atoms with Crippen molar-refractivity contribution in [1.29, 1.82) is 0 Å². The molecule has 0 aliphatic carbocycles. The van der Waals surface area contributed by atoms with Gasteiger partial charge in [-0.1, -0.05) is 48.5 Å². The first-order valence-electron chi connectivity index (χ1n) is 7.93. The number of benzene rings is 2. The molecule has 3 rings (SSSR count). The number of amides is 1. The quantitative estimate of drug-likeness (QED) is 0.862. The van der Waals surface area contributed by atoms with Crippen molar-refractivity contribution in [2.24, 2.45) is 0 Å². The molecule has 0 saturated carbocycles. The van der Waals surface area contributed by atoms with Gasteiger partial charge in [0.1, 0.15) is 0 Å². The Labute approximate surface area is 143 Å². The lowest BCUT2D eigenvalue weighted by atomic mass is 10.0. The van der Waals surface area contributed by atoms with Gasteiger partial charge in [0.2, 0.25) is 5.91 Å². The maximum absolute atomic E-state index is 12.6. The van der Waals surface area contributed by atoms with Gasteiger partial charge in [-0.2, -0.15) is 0 Å². The first-order chi connectivity index (χ1) is 10.8. The molecule has 1 heterocycles. The molecule has 1 aliphatic heterocycles. The third-order valence-electron chi connectivity index (χ3n) is 4.42. The van der Waals surface area contributed by atoms with E-state index in [4.69, 9.17) is 5.73 Å². The van der Waals surface area contributed by atoms with Crippen molar-refractivity contribution in [2.75, 3.05) is 12.3 Å². The van der Waals surface area contributed by atoms with Gasteiger partial charge >= 0.3 is 0 Å². The van der Waals surface area contributed by atoms with Gasteiger partial charge in [0, 0.05) is 18.7 Å². The summed E-state index contributed by atoms with van der Waals surface area (Å²) >= 11 is 0. The van der Waals surface area contributed by atoms with Crippen LogP contribution in [0.5, 0.6) is 0 Å². The number of rotatable bonds is 4. The van der Waals surface area contributed by atoms with Crippen LogP contribution in [0.1, 0.15) is 36.4 Å². The predicted molar refractivity (Wildman–Crippen MR) is 96.6 cm³/mol. The largest absolute Gasteiger partial charge is 0.399 e. The lowest BCUT2D eigenvalue weighted by molar-refractivity contribution is -0.132. The number of nitrogens with zero attached hydrogens (tertiary/aromatic N) is 1. The number of carbonyl (C=O) groups excluding carboxylic acids is 1. The number of nitrogens with two attached hydrogens (primary N) is 1. The maximum atomic E-state index is 12.6. The number of aryl methyl sites for hydroxylation is 1. The minimum atomic E-state index is 0. The summed E-state index contributed by atoms with van der Waals surface area (Å²) in [4.78, 5) is 14.6. The first-order valence-corrected chi connectivity index (χ1v) is 7.93. The van der Waals surface area contributed by atoms with Gasteiger partial charge in [-0.3, -0.25) is 4.79 Å². The van der Waals surface area contributed by atoms with E-state index in [-0.39, 0.29) is 24.4 Å². The number of halogens is 1. The number of hydrogen-bond donors (Lipinski definition) is 1. The van der Waals surface area contributed by atoms with Gasteiger partial charge in [-0.05, 0) is 36.5 Å². The molecule has 0 bridgehead atoms. The summed E-state index contributed by atoms with van der Waals surface area (Å²) in [5, 5.41) is 0. The van der Waals surface area contributed by atoms with Crippen LogP contribution < -0.4 is 5.73 Å². The van der Waals surface area contributed by atoms with Gasteiger partial charge in [0.25, 0.3) is 0 Å². The average molecular weight is 331 g/mol. The zero-order valence-electron chi connectivity index (χ0n) is 13.2. The van der Waals surface area contributed by atoms with Crippen LogP contribution in [0, 0.1) is 0 Å². The molecule has 1 amide bonds. The molecule has 2 aromatic rings. The molecule has 1 aliphatic rings. The highest BCUT2D eigenvalue weighted by molar-refractivity contribution is 5.85. The Kier molecular flexibility index (Phi) is 6.05. The summed E-state index contributed by atoms with van der Waals surface area (Å²) < 4.78 is 0. The van der Waals surface area contributed by atoms with Crippen LogP contribution >= 0.6 is 12.4 Å². The van der Waals surface area contributed by atoms with Crippen LogP contribution in [-0.4, -0.2) is 17.4 Å². The second-order valence-corrected chi connectivity index (χ2v) is 5.85. The minimum Gasteiger partial charge on any atom is -0.399 e. The fourth-order valence-electron chi connectivity index (χ4n) is 3.23. The number of anilines is 1. The van der Waals surface area contributed by atoms with Crippen LogP contribution in [-0.2, 0) is 11.2 Å². The Balaban J connectivity index is 0.00000192. The smallest absolute Gasteiger partial charge is 0.223 e. The molecule has 2 aromatic carbocycles. The number of carbonyl (C=O) groups is 1. The molecule has 1 atom stereocenters. The summed E-state index contributed by atoms with van der Waals surface area (Å²) in [6, 6.07) is 18.4. The van der Waals surface area contributed by atoms with Crippen molar-refractivity contribution < 1.29 is 4.79 Å². The average Bonchev–Trinajstić information content (AvgIpc) is 3.04. The lowest BCUT2D eigenvalue weighted by Gasteiger charge is -2.25. The molecule has 0 radical (unpaired) electrons. The number of para-hydroxylation sites is 1. The van der Waals surface area contributed by atoms with Crippen molar-refractivity contribution in [1.82, 2.24) is 4.90 Å². The van der Waals surface area contributed by atoms with Crippen molar-refractivity contribution in [3.05, 3.63) is 65.7 Å². The molecule has 23 heavy (non-hydrogen) atoms. The van der Waals surface area contributed by atoms with E-state index in [1.54, 1.807) is 0 Å². The molecule has 0 spiro atoms. The summed E-state index contributed by atoms with van der Waals surface area (Å²) in [7, 11) is 0. The standard InChI is InChI=1S/C19H22N2O.ClH/c20-17-10-5-4-7-15(17)12-13-19(22)21-14-6-11-18(21)16-8-2-1-3-9-16;/h1-5,7-10,18H,6,11-14,20H2;1H. The van der Waals surface area contributed by atoms with Crippen LogP contribution in [0.4, 0.5) is 5.69 Å². The van der Waals surface area contributed by atoms with Gasteiger partial charge in [0.05, 0.1) is 6.04 Å². The summed E-state index contributed by atoms with van der Waals surface area (Å²) in [5.74, 6) is 0.231. The Hall–Kier alpha value is -2.00. The summed E-state index contributed by atoms with van der Waals surface area (Å²) in [5.41, 5.74) is 9.03. The van der Waals surface area contributed by atoms with Crippen LogP contribution in [0.25, 0.3) is 0 Å². The second kappa shape index (κ2) is 8.02. The zero-order valence-corrected chi connectivity index (χ0v) is 14.0. The third kappa shape index (κ3) is 4.05. The van der Waals surface area contributed by atoms with Crippen molar-refractivity contribution in [2.45, 2.75) is 31.7 Å². The third-order valence-corrected chi connectivity index (χ3v) is 4.42. The predicted octanol–water partition coefficient (Wildman–Crippen LogP) is 3.99. The molecule has 4 heteroatoms. The highest BCUT2D eigenvalue weighted by Gasteiger charge is 2.29. The zero-order chi connectivity index (χ0) is 15.4. The van der Waals surface area contributed by atoms with E-state index in [0.717, 1.165) is 30.6 Å². The van der Waals surface area contributed by atoms with Crippen LogP contribution in [0.2, 0.25) is 0 Å². The fourth-order valence-corrected chi connectivity index (χ4v) is 3.23. The summed E-state index contributed by atoms with van der Waals surface area (Å²) in [6.45, 7) is 0.864. The number of likely N-dealkylation sites (tertiary alicyclic amines) is 1. The Morgan fingerprint density at radius 1 is 1.09 bits per heavy atom. The van der Waals surface area contributed by atoms with Gasteiger partial charge < -0.3 is 10.6 Å². The van der Waals surface area contributed by atoms with Gasteiger partial charge in [-0.25, -0.2) is 0 Å². The van der Waals surface area contributed by atoms with Crippen LogP contribution in [0.15, 0.2) is 54.6 Å². The van der Waals surface area contributed by atoms with E-state index in [1.165, 1.54) is 5.56 Å². The monoisotopic (exact) mass is 330 g/mol. The van der Waals surface area contributed by atoms with E-state index in [1.807, 2.05) is 47.4 Å². The Morgan fingerprint density at radius 3 is 2.52 bits per heavy atom. The molecular weight excluding hydrogens is 308 g/mol. The maximum Gasteiger partial charge on any atom is 0.223 e. The van der Waals surface area contributed by atoms with Crippen LogP contribution in [0.3, 0.4) is 0 Å². The lowest BCUT2D eigenvalue weighted by Crippen LogP contribution is -2.30.